The van der Waals surface area contributed by atoms with Crippen molar-refractivity contribution in [2.75, 3.05) is 41.3 Å². The van der Waals surface area contributed by atoms with Gasteiger partial charge in [-0.3, -0.25) is 0 Å². The van der Waals surface area contributed by atoms with Gasteiger partial charge in [0.1, 0.15) is 17.4 Å². The van der Waals surface area contributed by atoms with Crippen molar-refractivity contribution < 1.29 is 4.52 Å². The number of aromatic nitrogens is 4. The number of aryl methyl sites for hydroxylation is 2. The summed E-state index contributed by atoms with van der Waals surface area (Å²) in [6, 6.07) is 9.73. The summed E-state index contributed by atoms with van der Waals surface area (Å²) < 4.78 is 5.09. The number of hydrogen-bond donors (Lipinski definition) is 1. The van der Waals surface area contributed by atoms with Crippen molar-refractivity contribution >= 4 is 23.4 Å². The Kier molecular flexibility index (Phi) is 4.39. The van der Waals surface area contributed by atoms with Crippen LogP contribution in [0.3, 0.4) is 0 Å². The molecule has 1 aliphatic rings. The summed E-state index contributed by atoms with van der Waals surface area (Å²) in [7, 11) is 0. The molecule has 26 heavy (non-hydrogen) atoms. The van der Waals surface area contributed by atoms with Crippen LogP contribution in [-0.2, 0) is 0 Å². The third-order valence-corrected chi connectivity index (χ3v) is 4.26. The Bertz CT molecular complexity index is 872. The predicted molar refractivity (Wildman–Crippen MR) is 100.0 cm³/mol. The van der Waals surface area contributed by atoms with Crippen molar-refractivity contribution in [1.29, 1.82) is 0 Å². The molecule has 0 amide bonds. The van der Waals surface area contributed by atoms with Gasteiger partial charge in [0.05, 0.1) is 0 Å². The number of piperazine rings is 1. The van der Waals surface area contributed by atoms with Gasteiger partial charge in [-0.15, -0.1) is 0 Å². The van der Waals surface area contributed by atoms with Gasteiger partial charge in [0, 0.05) is 50.2 Å². The summed E-state index contributed by atoms with van der Waals surface area (Å²) in [6.07, 6.45) is 1.83. The lowest BCUT2D eigenvalue weighted by molar-refractivity contribution is 0.400. The zero-order chi connectivity index (χ0) is 17.9. The van der Waals surface area contributed by atoms with E-state index in [9.17, 15) is 0 Å². The molecule has 0 bridgehead atoms. The van der Waals surface area contributed by atoms with E-state index in [1.165, 1.54) is 0 Å². The molecule has 0 unspecified atom stereocenters. The van der Waals surface area contributed by atoms with Crippen LogP contribution in [0.5, 0.6) is 0 Å². The highest BCUT2D eigenvalue weighted by atomic mass is 16.5. The Morgan fingerprint density at radius 2 is 1.77 bits per heavy atom. The van der Waals surface area contributed by atoms with Gasteiger partial charge in [0.15, 0.2) is 5.82 Å². The molecule has 1 fully saturated rings. The maximum atomic E-state index is 5.09. The first-order chi connectivity index (χ1) is 12.7. The topological polar surface area (TPSA) is 83.2 Å². The third-order valence-electron chi connectivity index (χ3n) is 4.26. The number of pyridine rings is 1. The largest absolute Gasteiger partial charge is 0.360 e. The van der Waals surface area contributed by atoms with Crippen LogP contribution >= 0.6 is 0 Å². The molecular weight excluding hydrogens is 330 g/mol. The molecular formula is C18H21N7O. The maximum absolute atomic E-state index is 5.09. The van der Waals surface area contributed by atoms with Crippen LogP contribution in [-0.4, -0.2) is 46.3 Å². The first-order valence-electron chi connectivity index (χ1n) is 8.64. The number of nitrogens with zero attached hydrogens (tertiary/aromatic N) is 6. The van der Waals surface area contributed by atoms with Gasteiger partial charge in [0.2, 0.25) is 5.95 Å². The van der Waals surface area contributed by atoms with Gasteiger partial charge in [-0.1, -0.05) is 11.2 Å². The molecule has 4 heterocycles. The monoisotopic (exact) mass is 351 g/mol. The van der Waals surface area contributed by atoms with E-state index in [2.05, 4.69) is 35.2 Å². The van der Waals surface area contributed by atoms with Crippen LogP contribution in [0.2, 0.25) is 0 Å². The number of anilines is 4. The summed E-state index contributed by atoms with van der Waals surface area (Å²) >= 11 is 0. The molecule has 1 N–H and O–H groups in total. The minimum atomic E-state index is 0.645. The van der Waals surface area contributed by atoms with Crippen molar-refractivity contribution in [2.45, 2.75) is 13.8 Å². The second-order valence-corrected chi connectivity index (χ2v) is 6.30. The molecule has 1 aliphatic heterocycles. The second kappa shape index (κ2) is 6.99. The molecule has 8 heteroatoms. The second-order valence-electron chi connectivity index (χ2n) is 6.30. The van der Waals surface area contributed by atoms with Crippen molar-refractivity contribution in [3.63, 3.8) is 0 Å². The van der Waals surface area contributed by atoms with Crippen molar-refractivity contribution in [1.82, 2.24) is 20.1 Å². The molecule has 0 saturated carbocycles. The van der Waals surface area contributed by atoms with Crippen LogP contribution in [0, 0.1) is 13.8 Å². The van der Waals surface area contributed by atoms with Gasteiger partial charge < -0.3 is 19.6 Å². The molecule has 3 aromatic rings. The van der Waals surface area contributed by atoms with E-state index in [1.54, 1.807) is 0 Å². The average Bonchev–Trinajstić information content (AvgIpc) is 3.07. The van der Waals surface area contributed by atoms with E-state index in [1.807, 2.05) is 50.4 Å². The minimum Gasteiger partial charge on any atom is -0.360 e. The van der Waals surface area contributed by atoms with E-state index >= 15 is 0 Å². The number of hydrogen-bond acceptors (Lipinski definition) is 8. The molecule has 0 aliphatic carbocycles. The maximum Gasteiger partial charge on any atom is 0.227 e. The van der Waals surface area contributed by atoms with Crippen LogP contribution in [0.25, 0.3) is 0 Å². The predicted octanol–water partition coefficient (Wildman–Crippen LogP) is 2.55. The average molecular weight is 351 g/mol. The normalized spacial score (nSPS) is 14.5. The van der Waals surface area contributed by atoms with Crippen LogP contribution in [0.1, 0.15) is 11.5 Å². The molecule has 8 nitrogen and oxygen atoms in total. The quantitative estimate of drug-likeness (QED) is 0.768. The van der Waals surface area contributed by atoms with Crippen LogP contribution in [0.15, 0.2) is 41.1 Å². The van der Waals surface area contributed by atoms with Crippen molar-refractivity contribution in [3.05, 3.63) is 48.0 Å². The summed E-state index contributed by atoms with van der Waals surface area (Å²) in [6.45, 7) is 7.30. The van der Waals surface area contributed by atoms with Crippen molar-refractivity contribution in [2.24, 2.45) is 0 Å². The van der Waals surface area contributed by atoms with E-state index in [4.69, 9.17) is 4.52 Å². The lowest BCUT2D eigenvalue weighted by Crippen LogP contribution is -2.47. The van der Waals surface area contributed by atoms with E-state index in [0.29, 0.717) is 11.6 Å². The standard InChI is InChI=1S/C18H21N7O/c1-13-11-15(21-16-12-14(2)26-23-16)22-18(20-13)25-9-7-24(8-10-25)17-5-3-4-6-19-17/h3-6,11-12H,7-10H2,1-2H3,(H,20,21,22,23). The zero-order valence-electron chi connectivity index (χ0n) is 14.9. The molecule has 0 radical (unpaired) electrons. The molecule has 0 atom stereocenters. The fraction of sp³-hybridized carbons (Fsp3) is 0.333. The number of nitrogens with one attached hydrogen (secondary N) is 1. The first-order valence-corrected chi connectivity index (χ1v) is 8.64. The van der Waals surface area contributed by atoms with Gasteiger partial charge in [-0.25, -0.2) is 9.97 Å². The summed E-state index contributed by atoms with van der Waals surface area (Å²) in [5.74, 6) is 3.86. The Morgan fingerprint density at radius 3 is 2.46 bits per heavy atom. The van der Waals surface area contributed by atoms with Gasteiger partial charge in [-0.2, -0.15) is 4.98 Å². The lowest BCUT2D eigenvalue weighted by atomic mass is 10.3. The summed E-state index contributed by atoms with van der Waals surface area (Å²) in [4.78, 5) is 18.2. The lowest BCUT2D eigenvalue weighted by Gasteiger charge is -2.35. The van der Waals surface area contributed by atoms with Crippen LogP contribution < -0.4 is 15.1 Å². The van der Waals surface area contributed by atoms with E-state index in [-0.39, 0.29) is 0 Å². The first kappa shape index (κ1) is 16.3. The zero-order valence-corrected chi connectivity index (χ0v) is 14.9. The Balaban J connectivity index is 1.46. The fourth-order valence-electron chi connectivity index (χ4n) is 2.99. The SMILES string of the molecule is Cc1cc(Nc2cc(C)on2)nc(N2CCN(c3ccccn3)CC2)n1. The summed E-state index contributed by atoms with van der Waals surface area (Å²) in [5, 5.41) is 7.13. The number of rotatable bonds is 4. The molecule has 0 aromatic carbocycles. The van der Waals surface area contributed by atoms with E-state index in [0.717, 1.165) is 49.4 Å². The highest BCUT2D eigenvalue weighted by Crippen LogP contribution is 2.20. The smallest absolute Gasteiger partial charge is 0.227 e. The van der Waals surface area contributed by atoms with Crippen LogP contribution in [0.4, 0.5) is 23.4 Å². The molecule has 134 valence electrons. The van der Waals surface area contributed by atoms with E-state index < -0.39 is 0 Å². The molecule has 0 spiro atoms. The Hall–Kier alpha value is -3.16. The fourth-order valence-corrected chi connectivity index (χ4v) is 2.99. The Morgan fingerprint density at radius 1 is 0.962 bits per heavy atom. The molecule has 3 aromatic heterocycles. The highest BCUT2D eigenvalue weighted by Gasteiger charge is 2.20. The van der Waals surface area contributed by atoms with Crippen molar-refractivity contribution in [3.8, 4) is 0 Å². The minimum absolute atomic E-state index is 0.645. The van der Waals surface area contributed by atoms with Gasteiger partial charge in [0.25, 0.3) is 0 Å². The van der Waals surface area contributed by atoms with Gasteiger partial charge >= 0.3 is 0 Å². The third kappa shape index (κ3) is 3.58. The Labute approximate surface area is 151 Å². The highest BCUT2D eigenvalue weighted by molar-refractivity contribution is 5.54. The molecule has 4 rings (SSSR count). The molecule has 1 saturated heterocycles. The summed E-state index contributed by atoms with van der Waals surface area (Å²) in [5.41, 5.74) is 0.907. The van der Waals surface area contributed by atoms with Gasteiger partial charge in [-0.05, 0) is 26.0 Å².